The Morgan fingerprint density at radius 1 is 1.00 bits per heavy atom. The molecule has 0 saturated carbocycles. The summed E-state index contributed by atoms with van der Waals surface area (Å²) >= 11 is 0. The molecule has 0 spiro atoms. The Morgan fingerprint density at radius 3 is 2.19 bits per heavy atom. The normalized spacial score (nSPS) is 10.9. The minimum atomic E-state index is -3.90. The van der Waals surface area contributed by atoms with E-state index < -0.39 is 15.9 Å². The number of aryl methyl sites for hydroxylation is 1. The van der Waals surface area contributed by atoms with Gasteiger partial charge in [-0.2, -0.15) is 5.10 Å². The van der Waals surface area contributed by atoms with Crippen LogP contribution in [0.2, 0.25) is 0 Å². The predicted octanol–water partition coefficient (Wildman–Crippen LogP) is 3.48. The number of anilines is 1. The zero-order valence-electron chi connectivity index (χ0n) is 15.8. The van der Waals surface area contributed by atoms with Gasteiger partial charge in [-0.3, -0.25) is 9.10 Å². The number of rotatable bonds is 8. The highest BCUT2D eigenvalue weighted by molar-refractivity contribution is 7.92. The van der Waals surface area contributed by atoms with Crippen LogP contribution in [0.4, 0.5) is 5.69 Å². The molecule has 0 unspecified atom stereocenters. The van der Waals surface area contributed by atoms with Crippen LogP contribution in [0.15, 0.2) is 64.6 Å². The summed E-state index contributed by atoms with van der Waals surface area (Å²) in [6, 6.07) is 15.2. The molecule has 2 aromatic carbocycles. The van der Waals surface area contributed by atoms with E-state index in [1.807, 2.05) is 32.9 Å². The molecule has 0 aliphatic rings. The average molecular weight is 388 g/mol. The van der Waals surface area contributed by atoms with Crippen LogP contribution in [-0.4, -0.2) is 26.6 Å². The maximum absolute atomic E-state index is 13.2. The van der Waals surface area contributed by atoms with Gasteiger partial charge in [-0.05, 0) is 43.5 Å². The van der Waals surface area contributed by atoms with Crippen LogP contribution < -0.4 is 9.73 Å². The van der Waals surface area contributed by atoms with E-state index in [2.05, 4.69) is 10.5 Å². The number of nitrogens with one attached hydrogen (secondary N) is 1. The van der Waals surface area contributed by atoms with Crippen molar-refractivity contribution in [2.75, 3.05) is 10.8 Å². The summed E-state index contributed by atoms with van der Waals surface area (Å²) in [5.74, 6) is -0.489. The first-order valence-corrected chi connectivity index (χ1v) is 10.3. The molecule has 2 aromatic rings. The molecule has 0 saturated heterocycles. The molecule has 0 atom stereocenters. The summed E-state index contributed by atoms with van der Waals surface area (Å²) in [5.41, 5.74) is 4.54. The Kier molecular flexibility index (Phi) is 7.12. The van der Waals surface area contributed by atoms with Gasteiger partial charge in [0.2, 0.25) is 0 Å². The molecule has 1 N–H and O–H groups in total. The lowest BCUT2D eigenvalue weighted by Crippen LogP contribution is -2.40. The van der Waals surface area contributed by atoms with Crippen molar-refractivity contribution in [2.24, 2.45) is 5.10 Å². The lowest BCUT2D eigenvalue weighted by Gasteiger charge is -2.25. The fourth-order valence-electron chi connectivity index (χ4n) is 2.58. The monoisotopic (exact) mass is 387 g/mol. The fraction of sp³-hybridized carbons (Fsp3) is 0.300. The number of nitrogens with zero attached hydrogens (tertiary/aromatic N) is 2. The maximum atomic E-state index is 13.2. The van der Waals surface area contributed by atoms with Crippen molar-refractivity contribution in [1.82, 2.24) is 5.43 Å². The van der Waals surface area contributed by atoms with Crippen molar-refractivity contribution in [3.63, 3.8) is 0 Å². The highest BCUT2D eigenvalue weighted by atomic mass is 32.2. The van der Waals surface area contributed by atoms with E-state index in [1.54, 1.807) is 30.3 Å². The topological polar surface area (TPSA) is 78.8 Å². The first-order chi connectivity index (χ1) is 12.9. The van der Waals surface area contributed by atoms with Gasteiger partial charge < -0.3 is 0 Å². The second kappa shape index (κ2) is 9.32. The lowest BCUT2D eigenvalue weighted by molar-refractivity contribution is -0.119. The number of amides is 1. The van der Waals surface area contributed by atoms with Crippen molar-refractivity contribution >= 4 is 27.3 Å². The quantitative estimate of drug-likeness (QED) is 0.556. The Labute approximate surface area is 161 Å². The molecule has 6 nitrogen and oxygen atoms in total. The number of hydrogen-bond donors (Lipinski definition) is 1. The van der Waals surface area contributed by atoms with Gasteiger partial charge in [-0.15, -0.1) is 0 Å². The van der Waals surface area contributed by atoms with Gasteiger partial charge in [0.15, 0.2) is 0 Å². The molecule has 144 valence electrons. The maximum Gasteiger partial charge on any atom is 0.264 e. The van der Waals surface area contributed by atoms with Crippen molar-refractivity contribution in [3.05, 3.63) is 60.2 Å². The van der Waals surface area contributed by atoms with Crippen LogP contribution in [-0.2, 0) is 14.8 Å². The molecule has 0 aromatic heterocycles. The lowest BCUT2D eigenvalue weighted by atomic mass is 10.2. The third kappa shape index (κ3) is 5.17. The van der Waals surface area contributed by atoms with E-state index in [0.717, 1.165) is 28.4 Å². The SMILES string of the molecule is CCC(CC)=NNC(=O)CN(c1ccccc1C)S(=O)(=O)c1ccccc1. The van der Waals surface area contributed by atoms with Gasteiger partial charge in [0.1, 0.15) is 6.54 Å². The number of hydrazone groups is 1. The Hall–Kier alpha value is -2.67. The number of carbonyl (C=O) groups is 1. The predicted molar refractivity (Wildman–Crippen MR) is 108 cm³/mol. The molecule has 0 radical (unpaired) electrons. The van der Waals surface area contributed by atoms with Gasteiger partial charge in [0.05, 0.1) is 10.6 Å². The van der Waals surface area contributed by atoms with Crippen LogP contribution >= 0.6 is 0 Å². The van der Waals surface area contributed by atoms with Crippen LogP contribution in [0.3, 0.4) is 0 Å². The zero-order valence-corrected chi connectivity index (χ0v) is 16.7. The van der Waals surface area contributed by atoms with E-state index in [4.69, 9.17) is 0 Å². The van der Waals surface area contributed by atoms with E-state index >= 15 is 0 Å². The first-order valence-electron chi connectivity index (χ1n) is 8.87. The second-order valence-corrected chi connectivity index (χ2v) is 7.89. The van der Waals surface area contributed by atoms with Gasteiger partial charge in [0, 0.05) is 5.71 Å². The van der Waals surface area contributed by atoms with Crippen molar-refractivity contribution in [3.8, 4) is 0 Å². The van der Waals surface area contributed by atoms with Gasteiger partial charge >= 0.3 is 0 Å². The summed E-state index contributed by atoms with van der Waals surface area (Å²) < 4.78 is 27.5. The van der Waals surface area contributed by atoms with Crippen molar-refractivity contribution < 1.29 is 13.2 Å². The Balaban J connectivity index is 2.39. The van der Waals surface area contributed by atoms with Gasteiger partial charge in [-0.25, -0.2) is 13.8 Å². The summed E-state index contributed by atoms with van der Waals surface area (Å²) in [6.07, 6.45) is 1.45. The average Bonchev–Trinajstić information content (AvgIpc) is 2.68. The van der Waals surface area contributed by atoms with E-state index in [1.165, 1.54) is 12.1 Å². The van der Waals surface area contributed by atoms with Gasteiger partial charge in [0.25, 0.3) is 15.9 Å². The van der Waals surface area contributed by atoms with Crippen molar-refractivity contribution in [1.29, 1.82) is 0 Å². The standard InChI is InChI=1S/C20H25N3O3S/c1-4-17(5-2)21-22-20(24)15-23(19-14-10-9-11-16(19)3)27(25,26)18-12-7-6-8-13-18/h6-14H,4-5,15H2,1-3H3,(H,22,24). The second-order valence-electron chi connectivity index (χ2n) is 6.03. The molecule has 0 heterocycles. The third-order valence-electron chi connectivity index (χ3n) is 4.16. The summed E-state index contributed by atoms with van der Waals surface area (Å²) in [7, 11) is -3.90. The molecular weight excluding hydrogens is 362 g/mol. The molecule has 0 fully saturated rings. The summed E-state index contributed by atoms with van der Waals surface area (Å²) in [4.78, 5) is 12.6. The van der Waals surface area contributed by atoms with E-state index in [9.17, 15) is 13.2 Å². The van der Waals surface area contributed by atoms with Gasteiger partial charge in [-0.1, -0.05) is 50.2 Å². The Morgan fingerprint density at radius 2 is 1.59 bits per heavy atom. The van der Waals surface area contributed by atoms with E-state index in [0.29, 0.717) is 5.69 Å². The van der Waals surface area contributed by atoms with Crippen LogP contribution in [0.1, 0.15) is 32.3 Å². The third-order valence-corrected chi connectivity index (χ3v) is 5.93. The fourth-order valence-corrected chi connectivity index (χ4v) is 4.08. The number of sulfonamides is 1. The highest BCUT2D eigenvalue weighted by Gasteiger charge is 2.27. The Bertz CT molecular complexity index is 903. The molecule has 1 amide bonds. The molecular formula is C20H25N3O3S. The number of para-hydroxylation sites is 1. The number of benzene rings is 2. The largest absolute Gasteiger partial charge is 0.271 e. The highest BCUT2D eigenvalue weighted by Crippen LogP contribution is 2.26. The van der Waals surface area contributed by atoms with E-state index in [-0.39, 0.29) is 11.4 Å². The first kappa shape index (κ1) is 20.6. The van der Waals surface area contributed by atoms with Crippen LogP contribution in [0.25, 0.3) is 0 Å². The van der Waals surface area contributed by atoms with Crippen LogP contribution in [0, 0.1) is 6.92 Å². The van der Waals surface area contributed by atoms with Crippen molar-refractivity contribution in [2.45, 2.75) is 38.5 Å². The molecule has 0 aliphatic heterocycles. The smallest absolute Gasteiger partial charge is 0.264 e. The minimum absolute atomic E-state index is 0.132. The molecule has 2 rings (SSSR count). The summed E-state index contributed by atoms with van der Waals surface area (Å²) in [5, 5.41) is 4.08. The molecule has 0 bridgehead atoms. The minimum Gasteiger partial charge on any atom is -0.271 e. The van der Waals surface area contributed by atoms with Crippen LogP contribution in [0.5, 0.6) is 0 Å². The molecule has 7 heteroatoms. The summed E-state index contributed by atoms with van der Waals surface area (Å²) in [6.45, 7) is 5.36. The zero-order chi connectivity index (χ0) is 19.9. The number of hydrogen-bond acceptors (Lipinski definition) is 4. The number of carbonyl (C=O) groups excluding carboxylic acids is 1. The molecule has 27 heavy (non-hydrogen) atoms. The molecule has 0 aliphatic carbocycles.